The highest BCUT2D eigenvalue weighted by molar-refractivity contribution is 7.17. The topological polar surface area (TPSA) is 47.9 Å². The molecule has 168 valence electrons. The van der Waals surface area contributed by atoms with E-state index in [9.17, 15) is 4.79 Å². The number of carbonyl (C=O) groups is 1. The van der Waals surface area contributed by atoms with E-state index in [4.69, 9.17) is 26.1 Å². The first-order chi connectivity index (χ1) is 15.6. The molecule has 0 aliphatic carbocycles. The molecule has 0 radical (unpaired) electrons. The standard InChI is InChI=1S/C26H28ClNO3S/c1-3-31-25(29)17-22-16-24(32-26(22)21-10-12-23(27)13-11-21)19(2)28-14-7-15-30-18-20-8-5-4-6-9-20/h4-6,8-13,16H,3,7,14-15,17-18H2,1-2H3. The molecule has 0 unspecified atom stereocenters. The largest absolute Gasteiger partial charge is 0.466 e. The van der Waals surface area contributed by atoms with Crippen LogP contribution in [0.25, 0.3) is 10.4 Å². The summed E-state index contributed by atoms with van der Waals surface area (Å²) in [6.45, 7) is 6.19. The molecular weight excluding hydrogens is 442 g/mol. The molecule has 3 rings (SSSR count). The number of thiophene rings is 1. The predicted octanol–water partition coefficient (Wildman–Crippen LogP) is 6.59. The van der Waals surface area contributed by atoms with Crippen LogP contribution in [0.1, 0.15) is 36.3 Å². The van der Waals surface area contributed by atoms with Crippen molar-refractivity contribution in [2.24, 2.45) is 4.99 Å². The van der Waals surface area contributed by atoms with Gasteiger partial charge in [0.2, 0.25) is 0 Å². The average molecular weight is 470 g/mol. The van der Waals surface area contributed by atoms with Gasteiger partial charge in [-0.1, -0.05) is 54.1 Å². The number of carbonyl (C=O) groups excluding carboxylic acids is 1. The number of benzene rings is 2. The lowest BCUT2D eigenvalue weighted by Crippen LogP contribution is -2.07. The number of hydrogen-bond acceptors (Lipinski definition) is 5. The summed E-state index contributed by atoms with van der Waals surface area (Å²) < 4.78 is 10.9. The molecule has 0 saturated heterocycles. The number of rotatable bonds is 11. The molecule has 0 aliphatic heterocycles. The Kier molecular flexibility index (Phi) is 9.47. The van der Waals surface area contributed by atoms with Crippen molar-refractivity contribution in [1.82, 2.24) is 0 Å². The van der Waals surface area contributed by atoms with Crippen molar-refractivity contribution in [1.29, 1.82) is 0 Å². The van der Waals surface area contributed by atoms with E-state index in [1.54, 1.807) is 11.3 Å². The smallest absolute Gasteiger partial charge is 0.310 e. The molecule has 6 heteroatoms. The van der Waals surface area contributed by atoms with Crippen molar-refractivity contribution < 1.29 is 14.3 Å². The van der Waals surface area contributed by atoms with Gasteiger partial charge in [-0.25, -0.2) is 0 Å². The third-order valence-electron chi connectivity index (χ3n) is 4.82. The van der Waals surface area contributed by atoms with Gasteiger partial charge < -0.3 is 9.47 Å². The Balaban J connectivity index is 1.63. The zero-order chi connectivity index (χ0) is 22.8. The monoisotopic (exact) mass is 469 g/mol. The molecular formula is C26H28ClNO3S. The number of hydrogen-bond donors (Lipinski definition) is 0. The predicted molar refractivity (Wildman–Crippen MR) is 133 cm³/mol. The molecule has 0 aliphatic rings. The molecule has 3 aromatic rings. The van der Waals surface area contributed by atoms with E-state index in [1.807, 2.05) is 56.3 Å². The van der Waals surface area contributed by atoms with Gasteiger partial charge in [0.05, 0.1) is 19.6 Å². The summed E-state index contributed by atoms with van der Waals surface area (Å²) in [6, 6.07) is 19.9. The third-order valence-corrected chi connectivity index (χ3v) is 6.41. The van der Waals surface area contributed by atoms with Gasteiger partial charge in [-0.15, -0.1) is 11.3 Å². The molecule has 0 N–H and O–H groups in total. The minimum absolute atomic E-state index is 0.225. The molecule has 0 fully saturated rings. The van der Waals surface area contributed by atoms with Crippen molar-refractivity contribution in [3.8, 4) is 10.4 Å². The van der Waals surface area contributed by atoms with Crippen molar-refractivity contribution in [2.45, 2.75) is 33.3 Å². The number of esters is 1. The summed E-state index contributed by atoms with van der Waals surface area (Å²) in [4.78, 5) is 18.9. The van der Waals surface area contributed by atoms with Crippen LogP contribution in [0.2, 0.25) is 5.02 Å². The number of halogens is 1. The summed E-state index contributed by atoms with van der Waals surface area (Å²) in [5.41, 5.74) is 4.12. The van der Waals surface area contributed by atoms with Gasteiger partial charge in [0, 0.05) is 33.6 Å². The van der Waals surface area contributed by atoms with E-state index >= 15 is 0 Å². The zero-order valence-electron chi connectivity index (χ0n) is 18.5. The number of ether oxygens (including phenoxy) is 2. The highest BCUT2D eigenvalue weighted by Crippen LogP contribution is 2.34. The molecule has 0 saturated carbocycles. The second-order valence-electron chi connectivity index (χ2n) is 7.31. The maximum atomic E-state index is 12.1. The summed E-state index contributed by atoms with van der Waals surface area (Å²) in [6.07, 6.45) is 1.10. The Morgan fingerprint density at radius 3 is 2.56 bits per heavy atom. The van der Waals surface area contributed by atoms with Gasteiger partial charge in [-0.2, -0.15) is 0 Å². The minimum Gasteiger partial charge on any atom is -0.466 e. The Morgan fingerprint density at radius 2 is 1.84 bits per heavy atom. The lowest BCUT2D eigenvalue weighted by Gasteiger charge is -2.04. The van der Waals surface area contributed by atoms with Crippen LogP contribution < -0.4 is 0 Å². The maximum Gasteiger partial charge on any atom is 0.310 e. The summed E-state index contributed by atoms with van der Waals surface area (Å²) >= 11 is 7.69. The van der Waals surface area contributed by atoms with E-state index in [0.717, 1.165) is 33.0 Å². The van der Waals surface area contributed by atoms with Crippen molar-refractivity contribution in [2.75, 3.05) is 19.8 Å². The quantitative estimate of drug-likeness (QED) is 0.181. The second-order valence-corrected chi connectivity index (χ2v) is 8.80. The van der Waals surface area contributed by atoms with Crippen LogP contribution in [0.5, 0.6) is 0 Å². The van der Waals surface area contributed by atoms with Crippen LogP contribution in [0.15, 0.2) is 65.7 Å². The summed E-state index contributed by atoms with van der Waals surface area (Å²) in [5.74, 6) is -0.225. The van der Waals surface area contributed by atoms with Gasteiger partial charge in [-0.3, -0.25) is 9.79 Å². The summed E-state index contributed by atoms with van der Waals surface area (Å²) in [5, 5.41) is 0.685. The minimum atomic E-state index is -0.225. The highest BCUT2D eigenvalue weighted by atomic mass is 35.5. The van der Waals surface area contributed by atoms with Gasteiger partial charge in [0.15, 0.2) is 0 Å². The van der Waals surface area contributed by atoms with E-state index in [2.05, 4.69) is 18.2 Å². The van der Waals surface area contributed by atoms with Crippen molar-refractivity contribution in [3.05, 3.63) is 81.7 Å². The molecule has 32 heavy (non-hydrogen) atoms. The van der Waals surface area contributed by atoms with Crippen LogP contribution >= 0.6 is 22.9 Å². The van der Waals surface area contributed by atoms with Gasteiger partial charge >= 0.3 is 5.97 Å². The molecule has 1 aromatic heterocycles. The maximum absolute atomic E-state index is 12.1. The first kappa shape index (κ1) is 24.2. The summed E-state index contributed by atoms with van der Waals surface area (Å²) in [7, 11) is 0. The Hall–Kier alpha value is -2.47. The molecule has 0 bridgehead atoms. The van der Waals surface area contributed by atoms with Crippen molar-refractivity contribution in [3.63, 3.8) is 0 Å². The first-order valence-electron chi connectivity index (χ1n) is 10.7. The third kappa shape index (κ3) is 7.30. The number of nitrogens with zero attached hydrogens (tertiary/aromatic N) is 1. The lowest BCUT2D eigenvalue weighted by atomic mass is 10.1. The fourth-order valence-electron chi connectivity index (χ4n) is 3.21. The Morgan fingerprint density at radius 1 is 1.09 bits per heavy atom. The number of aliphatic imine (C=N–C) groups is 1. The molecule has 1 heterocycles. The van der Waals surface area contributed by atoms with Crippen LogP contribution in [-0.2, 0) is 27.3 Å². The van der Waals surface area contributed by atoms with E-state index in [0.29, 0.717) is 31.4 Å². The zero-order valence-corrected chi connectivity index (χ0v) is 20.0. The van der Waals surface area contributed by atoms with Gasteiger partial charge in [0.1, 0.15) is 0 Å². The van der Waals surface area contributed by atoms with Crippen LogP contribution in [0, 0.1) is 0 Å². The van der Waals surface area contributed by atoms with Gasteiger partial charge in [-0.05, 0) is 55.2 Å². The molecule has 2 aromatic carbocycles. The second kappa shape index (κ2) is 12.5. The highest BCUT2D eigenvalue weighted by Gasteiger charge is 2.16. The molecule has 0 atom stereocenters. The fraction of sp³-hybridized carbons (Fsp3) is 0.308. The molecule has 4 nitrogen and oxygen atoms in total. The van der Waals surface area contributed by atoms with E-state index in [-0.39, 0.29) is 12.4 Å². The average Bonchev–Trinajstić information content (AvgIpc) is 3.21. The van der Waals surface area contributed by atoms with Crippen LogP contribution in [0.4, 0.5) is 0 Å². The molecule has 0 spiro atoms. The lowest BCUT2D eigenvalue weighted by molar-refractivity contribution is -0.142. The Bertz CT molecular complexity index is 1030. The van der Waals surface area contributed by atoms with Crippen LogP contribution in [0.3, 0.4) is 0 Å². The van der Waals surface area contributed by atoms with Gasteiger partial charge in [0.25, 0.3) is 0 Å². The Labute approximate surface area is 198 Å². The normalized spacial score (nSPS) is 11.5. The fourth-order valence-corrected chi connectivity index (χ4v) is 4.48. The van der Waals surface area contributed by atoms with E-state index in [1.165, 1.54) is 5.56 Å². The first-order valence-corrected chi connectivity index (χ1v) is 11.9. The van der Waals surface area contributed by atoms with Crippen molar-refractivity contribution >= 4 is 34.6 Å². The van der Waals surface area contributed by atoms with Crippen LogP contribution in [-0.4, -0.2) is 31.4 Å². The SMILES string of the molecule is CCOC(=O)Cc1cc(C(C)=NCCCOCc2ccccc2)sc1-c1ccc(Cl)cc1. The van der Waals surface area contributed by atoms with E-state index < -0.39 is 0 Å². The molecule has 0 amide bonds.